The van der Waals surface area contributed by atoms with Crippen LogP contribution in [0.25, 0.3) is 0 Å². The molecule has 0 saturated heterocycles. The summed E-state index contributed by atoms with van der Waals surface area (Å²) in [5.41, 5.74) is 0.854. The minimum Gasteiger partial charge on any atom is -0.431 e. The summed E-state index contributed by atoms with van der Waals surface area (Å²) >= 11 is 0. The van der Waals surface area contributed by atoms with Crippen molar-refractivity contribution in [2.75, 3.05) is 13.2 Å². The van der Waals surface area contributed by atoms with E-state index in [1.807, 2.05) is 13.8 Å². The smallest absolute Gasteiger partial charge is 0.431 e. The van der Waals surface area contributed by atoms with Crippen molar-refractivity contribution in [1.82, 2.24) is 0 Å². The van der Waals surface area contributed by atoms with Gasteiger partial charge in [0.05, 0.1) is 24.3 Å². The van der Waals surface area contributed by atoms with Crippen molar-refractivity contribution in [2.45, 2.75) is 129 Å². The van der Waals surface area contributed by atoms with Gasteiger partial charge in [0.15, 0.2) is 36.4 Å². The molecule has 58 heavy (non-hydrogen) atoms. The molecule has 0 spiro atoms. The van der Waals surface area contributed by atoms with Crippen LogP contribution in [0.1, 0.15) is 124 Å². The molecule has 0 radical (unpaired) electrons. The second-order valence-electron chi connectivity index (χ2n) is 13.9. The number of Topliss-reactive ketones (excluding diaryl/α,β-unsaturated/α-hetero) is 2. The zero-order chi connectivity index (χ0) is 40.7. The summed E-state index contributed by atoms with van der Waals surface area (Å²) in [5.74, 6) is 0.424. The maximum absolute atomic E-state index is 12.1. The van der Waals surface area contributed by atoms with Gasteiger partial charge in [-0.2, -0.15) is 9.13 Å². The van der Waals surface area contributed by atoms with Crippen LogP contribution in [0.3, 0.4) is 0 Å². The summed E-state index contributed by atoms with van der Waals surface area (Å²) in [7, 11) is 0. The molecule has 2 aromatic heterocycles. The number of rotatable bonds is 20. The predicted molar refractivity (Wildman–Crippen MR) is 206 cm³/mol. The molecule has 0 aromatic carbocycles. The molecular weight excluding hydrogens is 760 g/mol. The van der Waals surface area contributed by atoms with Crippen LogP contribution >= 0.6 is 0 Å². The fourth-order valence-corrected chi connectivity index (χ4v) is 6.59. The number of hydrogen-bond acceptors (Lipinski definition) is 14. The molecular formula is C40H60N4O14. The minimum atomic E-state index is -0.882. The molecule has 2 fully saturated rings. The third-order valence-electron chi connectivity index (χ3n) is 9.70. The van der Waals surface area contributed by atoms with Gasteiger partial charge >= 0.3 is 12.3 Å². The van der Waals surface area contributed by atoms with Gasteiger partial charge in [-0.15, -0.1) is 20.2 Å². The maximum Gasteiger partial charge on any atom is 0.513 e. The quantitative estimate of drug-likeness (QED) is 0.0243. The molecule has 0 aliphatic heterocycles. The van der Waals surface area contributed by atoms with Crippen LogP contribution in [0.15, 0.2) is 49.1 Å². The topological polar surface area (TPSA) is 218 Å². The van der Waals surface area contributed by atoms with Crippen LogP contribution in [0.4, 0.5) is 9.59 Å². The van der Waals surface area contributed by atoms with Crippen LogP contribution < -0.4 is 9.13 Å². The second-order valence-corrected chi connectivity index (χ2v) is 13.9. The van der Waals surface area contributed by atoms with E-state index in [9.17, 15) is 39.4 Å². The largest absolute Gasteiger partial charge is 0.513 e. The van der Waals surface area contributed by atoms with E-state index < -0.39 is 22.5 Å². The van der Waals surface area contributed by atoms with E-state index in [-0.39, 0.29) is 91.0 Å². The first-order chi connectivity index (χ1) is 26.9. The van der Waals surface area contributed by atoms with Crippen LogP contribution in [0, 0.1) is 46.9 Å². The Bertz CT molecular complexity index is 1460. The SMILES string of the molecule is C[C@@H](OC(=O)OC[n+]1cccc(C(=O)CCCO[N+](=O)[O-])c1)C1CCCCC1.C[C@H](OC(=O)OC[n+]1cccc(C(=O)CCCO[N+](=O)[O-])c1)C1CCCCC1.[CH3-].[CH3-]. The molecule has 0 unspecified atom stereocenters. The zero-order valence-corrected chi connectivity index (χ0v) is 34.2. The first-order valence-electron chi connectivity index (χ1n) is 19.2. The van der Waals surface area contributed by atoms with E-state index in [2.05, 4.69) is 9.68 Å². The molecule has 2 heterocycles. The first kappa shape index (κ1) is 50.6. The highest BCUT2D eigenvalue weighted by atomic mass is 17.0. The standard InChI is InChI=1S/2C19H27N2O7.2CH3/c2*1-15(16-7-3-2-4-8-16)28-19(23)26-14-20-11-5-9-17(13-20)18(22)10-6-12-27-21(24)25;;/h2*5,9,11,13,15-16H,2-4,6-8,10,12,14H2,1H3;2*1H3/q2*+1;2*-1/t2*15-;;/m10../s1. The summed E-state index contributed by atoms with van der Waals surface area (Å²) in [4.78, 5) is 76.6. The van der Waals surface area contributed by atoms with E-state index in [0.717, 1.165) is 25.7 Å². The highest BCUT2D eigenvalue weighted by molar-refractivity contribution is 5.95. The lowest BCUT2D eigenvalue weighted by Crippen LogP contribution is -2.37. The fraction of sp³-hybridized carbons (Fsp3) is 0.600. The fourth-order valence-electron chi connectivity index (χ4n) is 6.59. The lowest BCUT2D eigenvalue weighted by Gasteiger charge is -2.26. The number of aromatic nitrogens is 2. The number of hydrogen-bond donors (Lipinski definition) is 0. The number of carbonyl (C=O) groups is 4. The molecule has 0 bridgehead atoms. The number of ketones is 2. The van der Waals surface area contributed by atoms with E-state index in [1.165, 1.54) is 38.5 Å². The van der Waals surface area contributed by atoms with Crippen molar-refractivity contribution in [2.24, 2.45) is 11.8 Å². The van der Waals surface area contributed by atoms with Crippen molar-refractivity contribution >= 4 is 23.9 Å². The van der Waals surface area contributed by atoms with Crippen LogP contribution in [-0.2, 0) is 42.1 Å². The molecule has 324 valence electrons. The summed E-state index contributed by atoms with van der Waals surface area (Å²) < 4.78 is 24.1. The molecule has 18 nitrogen and oxygen atoms in total. The molecule has 0 N–H and O–H groups in total. The van der Waals surface area contributed by atoms with E-state index in [1.54, 1.807) is 58.2 Å². The van der Waals surface area contributed by atoms with Crippen LogP contribution in [0.2, 0.25) is 0 Å². The van der Waals surface area contributed by atoms with Gasteiger partial charge in [0, 0.05) is 25.0 Å². The van der Waals surface area contributed by atoms with Crippen LogP contribution in [-0.4, -0.2) is 59.5 Å². The number of carbonyl (C=O) groups excluding carboxylic acids is 4. The molecule has 2 saturated carbocycles. The van der Waals surface area contributed by atoms with Crippen LogP contribution in [0.5, 0.6) is 0 Å². The minimum absolute atomic E-state index is 0. The van der Waals surface area contributed by atoms with Gasteiger partial charge in [0.1, 0.15) is 12.2 Å². The molecule has 2 aromatic rings. The normalized spacial score (nSPS) is 14.9. The summed E-state index contributed by atoms with van der Waals surface area (Å²) in [6.45, 7) is 3.40. The van der Waals surface area contributed by atoms with E-state index in [0.29, 0.717) is 23.0 Å². The van der Waals surface area contributed by atoms with E-state index >= 15 is 0 Å². The number of ether oxygens (including phenoxy) is 4. The molecule has 2 aliphatic rings. The highest BCUT2D eigenvalue weighted by Gasteiger charge is 2.25. The Labute approximate surface area is 340 Å². The van der Waals surface area contributed by atoms with Gasteiger partial charge in [0.2, 0.25) is 0 Å². The average molecular weight is 821 g/mol. The highest BCUT2D eigenvalue weighted by Crippen LogP contribution is 2.29. The van der Waals surface area contributed by atoms with Gasteiger partial charge in [0.25, 0.3) is 23.6 Å². The number of nitrogens with zero attached hydrogens (tertiary/aromatic N) is 4. The van der Waals surface area contributed by atoms with Gasteiger partial charge in [-0.1, -0.05) is 38.5 Å². The summed E-state index contributed by atoms with van der Waals surface area (Å²) in [5, 5.41) is 18.4. The monoisotopic (exact) mass is 820 g/mol. The van der Waals surface area contributed by atoms with Crippen molar-refractivity contribution in [3.63, 3.8) is 0 Å². The van der Waals surface area contributed by atoms with Gasteiger partial charge in [-0.25, -0.2) is 9.59 Å². The Morgan fingerprint density at radius 3 is 1.36 bits per heavy atom. The lowest BCUT2D eigenvalue weighted by atomic mass is 9.86. The van der Waals surface area contributed by atoms with Crippen molar-refractivity contribution < 1.29 is 67.1 Å². The molecule has 2 aliphatic carbocycles. The van der Waals surface area contributed by atoms with Gasteiger partial charge < -0.3 is 43.5 Å². The predicted octanol–water partition coefficient (Wildman–Crippen LogP) is 7.35. The molecule has 18 heteroatoms. The van der Waals surface area contributed by atoms with Gasteiger partial charge in [-0.3, -0.25) is 9.59 Å². The molecule has 2 atom stereocenters. The molecule has 0 amide bonds. The first-order valence-corrected chi connectivity index (χ1v) is 19.2. The maximum atomic E-state index is 12.1. The Kier molecular flexibility index (Phi) is 24.5. The van der Waals surface area contributed by atoms with Crippen molar-refractivity contribution in [3.8, 4) is 0 Å². The zero-order valence-electron chi connectivity index (χ0n) is 34.2. The third kappa shape index (κ3) is 20.1. The Balaban J connectivity index is 0.000000561. The van der Waals surface area contributed by atoms with Crippen molar-refractivity contribution in [1.29, 1.82) is 0 Å². The second kappa shape index (κ2) is 28.1. The third-order valence-corrected chi connectivity index (χ3v) is 9.70. The number of pyridine rings is 2. The van der Waals surface area contributed by atoms with Crippen molar-refractivity contribution in [3.05, 3.63) is 95.3 Å². The molecule has 4 rings (SSSR count). The Morgan fingerprint density at radius 1 is 0.655 bits per heavy atom. The summed E-state index contributed by atoms with van der Waals surface area (Å²) in [6, 6.07) is 6.60. The average Bonchev–Trinajstić information content (AvgIpc) is 3.20. The summed E-state index contributed by atoms with van der Waals surface area (Å²) in [6.07, 6.45) is 16.8. The Hall–Kier alpha value is -5.42. The lowest BCUT2D eigenvalue weighted by molar-refractivity contribution is -0.757. The van der Waals surface area contributed by atoms with Gasteiger partial charge in [-0.05, 0) is 76.3 Å². The van der Waals surface area contributed by atoms with E-state index in [4.69, 9.17) is 18.9 Å². The Morgan fingerprint density at radius 2 is 1.02 bits per heavy atom.